The van der Waals surface area contributed by atoms with Crippen molar-refractivity contribution in [1.82, 2.24) is 19.5 Å². The molecule has 4 aromatic rings. The number of hydrogen-bond donors (Lipinski definition) is 1. The minimum absolute atomic E-state index is 0.0622. The van der Waals surface area contributed by atoms with Crippen molar-refractivity contribution in [3.05, 3.63) is 81.8 Å². The first-order valence-electron chi connectivity index (χ1n) is 12.1. The molecule has 0 aliphatic heterocycles. The number of para-hydroxylation sites is 1. The number of benzene rings is 2. The van der Waals surface area contributed by atoms with Crippen molar-refractivity contribution in [1.29, 1.82) is 0 Å². The summed E-state index contributed by atoms with van der Waals surface area (Å²) in [5.41, 5.74) is 4.70. The Morgan fingerprint density at radius 1 is 1.11 bits per heavy atom. The molecule has 0 aliphatic rings. The fourth-order valence-electron chi connectivity index (χ4n) is 4.47. The van der Waals surface area contributed by atoms with Crippen LogP contribution in [0.5, 0.6) is 5.75 Å². The average Bonchev–Trinajstić information content (AvgIpc) is 3.34. The molecule has 2 aromatic heterocycles. The van der Waals surface area contributed by atoms with E-state index in [1.54, 1.807) is 18.9 Å². The lowest BCUT2D eigenvalue weighted by Gasteiger charge is -2.14. The van der Waals surface area contributed by atoms with Gasteiger partial charge in [-0.05, 0) is 62.8 Å². The molecule has 36 heavy (non-hydrogen) atoms. The minimum atomic E-state index is -0.185. The second-order valence-electron chi connectivity index (χ2n) is 8.56. The number of rotatable bonds is 10. The second kappa shape index (κ2) is 11.5. The van der Waals surface area contributed by atoms with Gasteiger partial charge in [0.25, 0.3) is 5.56 Å². The summed E-state index contributed by atoms with van der Waals surface area (Å²) in [4.78, 5) is 27.2. The predicted octanol–water partition coefficient (Wildman–Crippen LogP) is 4.51. The van der Waals surface area contributed by atoms with Gasteiger partial charge in [-0.25, -0.2) is 0 Å². The number of amides is 1. The van der Waals surface area contributed by atoms with Gasteiger partial charge in [0.2, 0.25) is 5.91 Å². The summed E-state index contributed by atoms with van der Waals surface area (Å²) in [6.07, 6.45) is 3.43. The third-order valence-corrected chi connectivity index (χ3v) is 7.20. The van der Waals surface area contributed by atoms with E-state index >= 15 is 0 Å². The first-order chi connectivity index (χ1) is 17.5. The standard InChI is InChI=1S/C28H32N4O3S/c1-5-31-19(2)22(14-15-26(33)29-17-16-20-10-12-21(36-4)13-11-20)28(34)32-27(31)18-24(30-32)23-8-6-7-9-25(23)35-3/h6-13,18H,5,14-17H2,1-4H3,(H,29,33). The molecule has 2 heterocycles. The number of aromatic nitrogens is 3. The van der Waals surface area contributed by atoms with Crippen LogP contribution in [0.25, 0.3) is 16.9 Å². The van der Waals surface area contributed by atoms with Crippen LogP contribution in [0.4, 0.5) is 0 Å². The van der Waals surface area contributed by atoms with E-state index in [-0.39, 0.29) is 17.9 Å². The maximum atomic E-state index is 13.4. The summed E-state index contributed by atoms with van der Waals surface area (Å²) in [5.74, 6) is 0.637. The fraction of sp³-hybridized carbons (Fsp3) is 0.321. The number of fused-ring (bicyclic) bond motifs is 1. The van der Waals surface area contributed by atoms with E-state index in [0.29, 0.717) is 36.5 Å². The van der Waals surface area contributed by atoms with Gasteiger partial charge in [0, 0.05) is 47.3 Å². The molecular weight excluding hydrogens is 472 g/mol. The van der Waals surface area contributed by atoms with Crippen LogP contribution in [0.3, 0.4) is 0 Å². The predicted molar refractivity (Wildman–Crippen MR) is 145 cm³/mol. The lowest BCUT2D eigenvalue weighted by Crippen LogP contribution is -2.29. The number of nitrogens with zero attached hydrogens (tertiary/aromatic N) is 3. The van der Waals surface area contributed by atoms with E-state index in [0.717, 1.165) is 23.3 Å². The fourth-order valence-corrected chi connectivity index (χ4v) is 4.88. The monoisotopic (exact) mass is 504 g/mol. The maximum Gasteiger partial charge on any atom is 0.277 e. The van der Waals surface area contributed by atoms with Gasteiger partial charge in [0.15, 0.2) is 0 Å². The molecule has 2 aromatic carbocycles. The van der Waals surface area contributed by atoms with Gasteiger partial charge in [-0.2, -0.15) is 9.61 Å². The number of thioether (sulfide) groups is 1. The van der Waals surface area contributed by atoms with Crippen LogP contribution >= 0.6 is 11.8 Å². The van der Waals surface area contributed by atoms with Crippen molar-refractivity contribution in [2.24, 2.45) is 0 Å². The summed E-state index contributed by atoms with van der Waals surface area (Å²) in [5, 5.41) is 7.61. The Kier molecular flexibility index (Phi) is 8.15. The topological polar surface area (TPSA) is 77.6 Å². The van der Waals surface area contributed by atoms with Gasteiger partial charge in [0.1, 0.15) is 11.4 Å². The Hall–Kier alpha value is -3.52. The second-order valence-corrected chi connectivity index (χ2v) is 9.44. The van der Waals surface area contributed by atoms with Gasteiger partial charge < -0.3 is 14.6 Å². The molecule has 4 rings (SSSR count). The number of methoxy groups -OCH3 is 1. The van der Waals surface area contributed by atoms with Crippen molar-refractivity contribution in [3.8, 4) is 17.0 Å². The van der Waals surface area contributed by atoms with Gasteiger partial charge in [-0.1, -0.05) is 24.3 Å². The molecule has 0 atom stereocenters. The molecule has 0 unspecified atom stereocenters. The number of carbonyl (C=O) groups excluding carboxylic acids is 1. The third-order valence-electron chi connectivity index (χ3n) is 6.46. The average molecular weight is 505 g/mol. The van der Waals surface area contributed by atoms with Crippen molar-refractivity contribution >= 4 is 23.3 Å². The number of ether oxygens (including phenoxy) is 1. The van der Waals surface area contributed by atoms with Crippen LogP contribution in [0.1, 0.15) is 30.2 Å². The van der Waals surface area contributed by atoms with Crippen molar-refractivity contribution in [2.75, 3.05) is 19.9 Å². The van der Waals surface area contributed by atoms with Gasteiger partial charge >= 0.3 is 0 Å². The maximum absolute atomic E-state index is 13.4. The van der Waals surface area contributed by atoms with Crippen LogP contribution < -0.4 is 15.6 Å². The highest BCUT2D eigenvalue weighted by Gasteiger charge is 2.18. The van der Waals surface area contributed by atoms with E-state index in [4.69, 9.17) is 4.74 Å². The number of carbonyl (C=O) groups is 1. The molecule has 188 valence electrons. The quantitative estimate of drug-likeness (QED) is 0.322. The Morgan fingerprint density at radius 2 is 1.86 bits per heavy atom. The normalized spacial score (nSPS) is 11.1. The summed E-state index contributed by atoms with van der Waals surface area (Å²) in [7, 11) is 1.62. The molecule has 0 bridgehead atoms. The first-order valence-corrected chi connectivity index (χ1v) is 13.3. The molecule has 0 saturated heterocycles. The Balaban J connectivity index is 1.50. The molecule has 0 saturated carbocycles. The zero-order valence-corrected chi connectivity index (χ0v) is 22.0. The lowest BCUT2D eigenvalue weighted by atomic mass is 10.1. The van der Waals surface area contributed by atoms with Crippen LogP contribution in [0, 0.1) is 6.92 Å². The van der Waals surface area contributed by atoms with Crippen LogP contribution in [-0.4, -0.2) is 40.0 Å². The minimum Gasteiger partial charge on any atom is -0.496 e. The van der Waals surface area contributed by atoms with E-state index in [1.807, 2.05) is 44.2 Å². The van der Waals surface area contributed by atoms with E-state index in [9.17, 15) is 9.59 Å². The molecule has 1 amide bonds. The van der Waals surface area contributed by atoms with Crippen molar-refractivity contribution in [3.63, 3.8) is 0 Å². The van der Waals surface area contributed by atoms with Crippen LogP contribution in [-0.2, 0) is 24.2 Å². The van der Waals surface area contributed by atoms with Gasteiger partial charge in [-0.3, -0.25) is 9.59 Å². The van der Waals surface area contributed by atoms with Gasteiger partial charge in [-0.15, -0.1) is 11.8 Å². The number of hydrogen-bond acceptors (Lipinski definition) is 5. The summed E-state index contributed by atoms with van der Waals surface area (Å²) < 4.78 is 9.00. The zero-order valence-electron chi connectivity index (χ0n) is 21.2. The van der Waals surface area contributed by atoms with E-state index < -0.39 is 0 Å². The molecule has 0 aliphatic carbocycles. The lowest BCUT2D eigenvalue weighted by molar-refractivity contribution is -0.121. The summed E-state index contributed by atoms with van der Waals surface area (Å²) in [6, 6.07) is 17.9. The summed E-state index contributed by atoms with van der Waals surface area (Å²) in [6.45, 7) is 5.22. The van der Waals surface area contributed by atoms with Crippen LogP contribution in [0.15, 0.2) is 64.3 Å². The molecule has 8 heteroatoms. The molecule has 0 fully saturated rings. The van der Waals surface area contributed by atoms with Crippen LogP contribution in [0.2, 0.25) is 0 Å². The number of aryl methyl sites for hydroxylation is 1. The highest BCUT2D eigenvalue weighted by molar-refractivity contribution is 7.98. The summed E-state index contributed by atoms with van der Waals surface area (Å²) >= 11 is 1.71. The largest absolute Gasteiger partial charge is 0.496 e. The molecule has 0 radical (unpaired) electrons. The zero-order chi connectivity index (χ0) is 25.7. The molecule has 7 nitrogen and oxygen atoms in total. The SMILES string of the molecule is CCn1c(C)c(CCC(=O)NCCc2ccc(SC)cc2)c(=O)n2nc(-c3ccccc3OC)cc12. The van der Waals surface area contributed by atoms with Gasteiger partial charge in [0.05, 0.1) is 12.8 Å². The molecule has 1 N–H and O–H groups in total. The van der Waals surface area contributed by atoms with Crippen molar-refractivity contribution in [2.45, 2.75) is 44.6 Å². The number of nitrogens with one attached hydrogen (secondary N) is 1. The Bertz CT molecular complexity index is 1420. The first kappa shape index (κ1) is 25.6. The van der Waals surface area contributed by atoms with E-state index in [2.05, 4.69) is 45.5 Å². The van der Waals surface area contributed by atoms with Crippen molar-refractivity contribution < 1.29 is 9.53 Å². The Labute approximate surface area is 215 Å². The highest BCUT2D eigenvalue weighted by atomic mass is 32.2. The highest BCUT2D eigenvalue weighted by Crippen LogP contribution is 2.29. The Morgan fingerprint density at radius 3 is 2.56 bits per heavy atom. The third kappa shape index (κ3) is 5.33. The molecule has 0 spiro atoms. The smallest absolute Gasteiger partial charge is 0.277 e. The molecular formula is C28H32N4O3S. The van der Waals surface area contributed by atoms with E-state index in [1.165, 1.54) is 15.0 Å².